The van der Waals surface area contributed by atoms with E-state index in [0.717, 1.165) is 21.3 Å². The van der Waals surface area contributed by atoms with Crippen molar-refractivity contribution in [3.8, 4) is 0 Å². The van der Waals surface area contributed by atoms with Gasteiger partial charge in [0.15, 0.2) is 0 Å². The van der Waals surface area contributed by atoms with Crippen molar-refractivity contribution in [3.63, 3.8) is 0 Å². The lowest BCUT2D eigenvalue weighted by molar-refractivity contribution is -0.137. The maximum Gasteiger partial charge on any atom is 0.416 e. The van der Waals surface area contributed by atoms with Gasteiger partial charge >= 0.3 is 11.9 Å². The zero-order valence-electron chi connectivity index (χ0n) is 18.9. The smallest absolute Gasteiger partial charge is 0.322 e. The molecule has 0 unspecified atom stereocenters. The molecule has 0 atom stereocenters. The van der Waals surface area contributed by atoms with Gasteiger partial charge in [-0.2, -0.15) is 13.2 Å². The number of aromatic nitrogens is 3. The number of aryl methyl sites for hydroxylation is 1. The summed E-state index contributed by atoms with van der Waals surface area (Å²) in [5, 5.41) is 5.12. The second kappa shape index (κ2) is 9.13. The van der Waals surface area contributed by atoms with Gasteiger partial charge in [-0.1, -0.05) is 12.1 Å². The Bertz CT molecular complexity index is 1640. The van der Waals surface area contributed by atoms with E-state index >= 15 is 0 Å². The van der Waals surface area contributed by atoms with Crippen LogP contribution in [0.4, 0.5) is 24.5 Å². The number of amides is 2. The molecule has 0 bridgehead atoms. The molecular formula is C24H18F3N5O4. The summed E-state index contributed by atoms with van der Waals surface area (Å²) < 4.78 is 40.8. The molecule has 2 aromatic carbocycles. The quantitative estimate of drug-likeness (QED) is 0.450. The lowest BCUT2D eigenvalue weighted by Crippen LogP contribution is -2.37. The van der Waals surface area contributed by atoms with Crippen molar-refractivity contribution in [2.45, 2.75) is 6.18 Å². The molecule has 0 aliphatic rings. The Morgan fingerprint density at radius 1 is 0.833 bits per heavy atom. The third-order valence-electron chi connectivity index (χ3n) is 5.36. The number of hydrogen-bond donors (Lipinski definition) is 2. The molecule has 2 N–H and O–H groups in total. The van der Waals surface area contributed by atoms with Gasteiger partial charge in [0.05, 0.1) is 10.9 Å². The molecule has 0 aliphatic heterocycles. The first-order chi connectivity index (χ1) is 17.0. The molecule has 0 radical (unpaired) electrons. The number of carbonyl (C=O) groups is 2. The summed E-state index contributed by atoms with van der Waals surface area (Å²) in [7, 11) is 2.76. The maximum atomic E-state index is 12.9. The number of hydrogen-bond acceptors (Lipinski definition) is 5. The fraction of sp³-hybridized carbons (Fsp3) is 0.125. The SMILES string of the molecule is Cn1c(=O)c2ccc(C(=O)Nc3cccc(C(=O)Nc4cccc(C(F)(F)F)c4)c3)nc2n(C)c1=O. The van der Waals surface area contributed by atoms with E-state index < -0.39 is 34.8 Å². The number of carbonyl (C=O) groups excluding carboxylic acids is 2. The Hall–Kier alpha value is -4.74. The van der Waals surface area contributed by atoms with Crippen LogP contribution in [0, 0.1) is 0 Å². The van der Waals surface area contributed by atoms with Crippen LogP contribution in [0.2, 0.25) is 0 Å². The number of fused-ring (bicyclic) bond motifs is 1. The Morgan fingerprint density at radius 2 is 1.47 bits per heavy atom. The summed E-state index contributed by atoms with van der Waals surface area (Å²) in [6.45, 7) is 0. The van der Waals surface area contributed by atoms with Gasteiger partial charge in [-0.3, -0.25) is 23.5 Å². The third kappa shape index (κ3) is 4.73. The van der Waals surface area contributed by atoms with Gasteiger partial charge < -0.3 is 10.6 Å². The molecular weight excluding hydrogens is 479 g/mol. The van der Waals surface area contributed by atoms with Gasteiger partial charge in [-0.15, -0.1) is 0 Å². The van der Waals surface area contributed by atoms with Crippen molar-refractivity contribution in [2.24, 2.45) is 14.1 Å². The molecule has 4 aromatic rings. The van der Waals surface area contributed by atoms with Gasteiger partial charge in [0, 0.05) is 31.0 Å². The predicted octanol–water partition coefficient (Wildman–Crippen LogP) is 3.16. The first-order valence-corrected chi connectivity index (χ1v) is 10.4. The van der Waals surface area contributed by atoms with Crippen molar-refractivity contribution in [2.75, 3.05) is 10.6 Å². The second-order valence-electron chi connectivity index (χ2n) is 7.84. The van der Waals surface area contributed by atoms with E-state index in [0.29, 0.717) is 0 Å². The number of nitrogens with zero attached hydrogens (tertiary/aromatic N) is 3. The highest BCUT2D eigenvalue weighted by Gasteiger charge is 2.30. The molecule has 9 nitrogen and oxygen atoms in total. The molecule has 0 fully saturated rings. The Labute approximate surface area is 200 Å². The first-order valence-electron chi connectivity index (χ1n) is 10.4. The number of halogens is 3. The highest BCUT2D eigenvalue weighted by Crippen LogP contribution is 2.30. The number of alkyl halides is 3. The average molecular weight is 497 g/mol. The van der Waals surface area contributed by atoms with Crippen LogP contribution in [0.3, 0.4) is 0 Å². The number of benzene rings is 2. The van der Waals surface area contributed by atoms with Crippen LogP contribution in [0.5, 0.6) is 0 Å². The normalized spacial score (nSPS) is 11.4. The van der Waals surface area contributed by atoms with E-state index in [1.807, 2.05) is 0 Å². The molecule has 12 heteroatoms. The summed E-state index contributed by atoms with van der Waals surface area (Å²) in [6, 6.07) is 12.7. The Kier molecular flexibility index (Phi) is 6.19. The number of anilines is 2. The van der Waals surface area contributed by atoms with Gasteiger partial charge in [0.25, 0.3) is 17.4 Å². The summed E-state index contributed by atoms with van der Waals surface area (Å²) in [5.41, 5.74) is -1.83. The molecule has 4 rings (SSSR count). The van der Waals surface area contributed by atoms with Crippen molar-refractivity contribution in [1.29, 1.82) is 0 Å². The minimum Gasteiger partial charge on any atom is -0.322 e. The predicted molar refractivity (Wildman–Crippen MR) is 126 cm³/mol. The summed E-state index contributed by atoms with van der Waals surface area (Å²) in [4.78, 5) is 53.9. The molecule has 184 valence electrons. The number of nitrogens with one attached hydrogen (secondary N) is 2. The summed E-state index contributed by atoms with van der Waals surface area (Å²) >= 11 is 0. The lowest BCUT2D eigenvalue weighted by atomic mass is 10.1. The van der Waals surface area contributed by atoms with Crippen LogP contribution < -0.4 is 21.9 Å². The summed E-state index contributed by atoms with van der Waals surface area (Å²) in [6.07, 6.45) is -4.55. The van der Waals surface area contributed by atoms with Gasteiger partial charge in [0.2, 0.25) is 0 Å². The van der Waals surface area contributed by atoms with E-state index in [4.69, 9.17) is 0 Å². The van der Waals surface area contributed by atoms with Crippen LogP contribution in [-0.4, -0.2) is 25.9 Å². The second-order valence-corrected chi connectivity index (χ2v) is 7.84. The zero-order valence-corrected chi connectivity index (χ0v) is 18.9. The average Bonchev–Trinajstić information content (AvgIpc) is 2.85. The standard InChI is InChI=1S/C24H18F3N5O4/c1-31-19-17(22(35)32(2)23(31)36)9-10-18(30-19)21(34)29-15-7-3-5-13(11-15)20(33)28-16-8-4-6-14(12-16)24(25,26)27/h3-12H,1-2H3,(H,28,33)(H,29,34). The van der Waals surface area contributed by atoms with E-state index in [-0.39, 0.29) is 33.7 Å². The molecule has 0 spiro atoms. The van der Waals surface area contributed by atoms with Crippen LogP contribution in [-0.2, 0) is 20.3 Å². The topological polar surface area (TPSA) is 115 Å². The maximum absolute atomic E-state index is 12.9. The zero-order chi connectivity index (χ0) is 26.2. The number of pyridine rings is 1. The molecule has 36 heavy (non-hydrogen) atoms. The highest BCUT2D eigenvalue weighted by molar-refractivity contribution is 6.07. The largest absolute Gasteiger partial charge is 0.416 e. The van der Waals surface area contributed by atoms with Crippen molar-refractivity contribution in [1.82, 2.24) is 14.1 Å². The minimum absolute atomic E-state index is 0.0324. The van der Waals surface area contributed by atoms with Crippen molar-refractivity contribution >= 4 is 34.2 Å². The van der Waals surface area contributed by atoms with E-state index in [1.54, 1.807) is 0 Å². The molecule has 2 amide bonds. The number of rotatable bonds is 4. The van der Waals surface area contributed by atoms with Crippen LogP contribution in [0.1, 0.15) is 26.4 Å². The first kappa shape index (κ1) is 24.4. The lowest BCUT2D eigenvalue weighted by Gasteiger charge is -2.11. The monoisotopic (exact) mass is 497 g/mol. The Balaban J connectivity index is 1.55. The van der Waals surface area contributed by atoms with Gasteiger partial charge in [-0.05, 0) is 48.5 Å². The highest BCUT2D eigenvalue weighted by atomic mass is 19.4. The van der Waals surface area contributed by atoms with E-state index in [1.165, 1.54) is 62.6 Å². The van der Waals surface area contributed by atoms with E-state index in [9.17, 15) is 32.3 Å². The van der Waals surface area contributed by atoms with Crippen molar-refractivity contribution in [3.05, 3.63) is 98.3 Å². The molecule has 0 saturated heterocycles. The van der Waals surface area contributed by atoms with Crippen LogP contribution >= 0.6 is 0 Å². The third-order valence-corrected chi connectivity index (χ3v) is 5.36. The molecule has 0 aliphatic carbocycles. The molecule has 0 saturated carbocycles. The molecule has 2 aromatic heterocycles. The minimum atomic E-state index is -4.55. The summed E-state index contributed by atoms with van der Waals surface area (Å²) in [5.74, 6) is -1.35. The van der Waals surface area contributed by atoms with Crippen molar-refractivity contribution < 1.29 is 22.8 Å². The van der Waals surface area contributed by atoms with Gasteiger partial charge in [0.1, 0.15) is 11.3 Å². The van der Waals surface area contributed by atoms with E-state index in [2.05, 4.69) is 15.6 Å². The van der Waals surface area contributed by atoms with Gasteiger partial charge in [-0.25, -0.2) is 9.78 Å². The fourth-order valence-corrected chi connectivity index (χ4v) is 3.49. The fourth-order valence-electron chi connectivity index (χ4n) is 3.49. The van der Waals surface area contributed by atoms with Crippen LogP contribution in [0.25, 0.3) is 11.0 Å². The molecule has 2 heterocycles. The Morgan fingerprint density at radius 3 is 2.17 bits per heavy atom. The van der Waals surface area contributed by atoms with Crippen LogP contribution in [0.15, 0.2) is 70.3 Å².